The first kappa shape index (κ1) is 13.9. The lowest BCUT2D eigenvalue weighted by molar-refractivity contribution is 0.0996. The summed E-state index contributed by atoms with van der Waals surface area (Å²) in [6.45, 7) is 4.43. The van der Waals surface area contributed by atoms with Crippen LogP contribution in [0.2, 0.25) is 0 Å². The van der Waals surface area contributed by atoms with Crippen molar-refractivity contribution in [2.24, 2.45) is 5.73 Å². The van der Waals surface area contributed by atoms with Crippen molar-refractivity contribution in [2.45, 2.75) is 20.5 Å². The maximum atomic E-state index is 11.4. The molecule has 1 amide bonds. The lowest BCUT2D eigenvalue weighted by atomic mass is 10.1. The Morgan fingerprint density at radius 2 is 1.75 bits per heavy atom. The van der Waals surface area contributed by atoms with Gasteiger partial charge in [-0.1, -0.05) is 29.3 Å². The molecule has 2 aromatic rings. The Kier molecular flexibility index (Phi) is 3.94. The zero-order valence-electron chi connectivity index (χ0n) is 11.6. The first-order valence-corrected chi connectivity index (χ1v) is 6.35. The van der Waals surface area contributed by atoms with Crippen molar-refractivity contribution >= 4 is 11.6 Å². The molecule has 2 rings (SSSR count). The van der Waals surface area contributed by atoms with Crippen LogP contribution in [0.25, 0.3) is 0 Å². The van der Waals surface area contributed by atoms with E-state index in [1.54, 1.807) is 18.2 Å². The third-order valence-electron chi connectivity index (χ3n) is 2.95. The summed E-state index contributed by atoms with van der Waals surface area (Å²) in [7, 11) is 0. The lowest BCUT2D eigenvalue weighted by Crippen LogP contribution is -2.13. The molecule has 0 aliphatic rings. The summed E-state index contributed by atoms with van der Waals surface area (Å²) in [6.07, 6.45) is 0. The maximum Gasteiger partial charge on any atom is 0.252 e. The molecule has 0 saturated carbocycles. The van der Waals surface area contributed by atoms with E-state index < -0.39 is 5.91 Å². The summed E-state index contributed by atoms with van der Waals surface area (Å²) < 4.78 is 5.69. The molecule has 0 aliphatic heterocycles. The van der Waals surface area contributed by atoms with Gasteiger partial charge in [0.2, 0.25) is 0 Å². The Balaban J connectivity index is 2.22. The minimum absolute atomic E-state index is 0.337. The van der Waals surface area contributed by atoms with Crippen molar-refractivity contribution in [1.82, 2.24) is 0 Å². The standard InChI is InChI=1S/C16H18N2O2/c1-10-5-11(2)7-12(6-10)9-20-15-8-13(17)3-4-14(15)16(18)19/h3-8H,9,17H2,1-2H3,(H2,18,19). The van der Waals surface area contributed by atoms with Gasteiger partial charge in [-0.2, -0.15) is 0 Å². The van der Waals surface area contributed by atoms with Crippen molar-refractivity contribution in [2.75, 3.05) is 5.73 Å². The number of carbonyl (C=O) groups excluding carboxylic acids is 1. The van der Waals surface area contributed by atoms with E-state index in [0.717, 1.165) is 5.56 Å². The molecule has 0 unspecified atom stereocenters. The van der Waals surface area contributed by atoms with Crippen LogP contribution in [-0.4, -0.2) is 5.91 Å². The summed E-state index contributed by atoms with van der Waals surface area (Å²) in [5.74, 6) is -0.114. The monoisotopic (exact) mass is 270 g/mol. The summed E-state index contributed by atoms with van der Waals surface area (Å²) in [6, 6.07) is 11.0. The van der Waals surface area contributed by atoms with E-state index in [9.17, 15) is 4.79 Å². The lowest BCUT2D eigenvalue weighted by Gasteiger charge is -2.11. The normalized spacial score (nSPS) is 10.3. The second kappa shape index (κ2) is 5.65. The van der Waals surface area contributed by atoms with E-state index in [2.05, 4.69) is 6.07 Å². The van der Waals surface area contributed by atoms with Gasteiger partial charge >= 0.3 is 0 Å². The van der Waals surface area contributed by atoms with Gasteiger partial charge in [0.25, 0.3) is 5.91 Å². The number of benzene rings is 2. The predicted octanol–water partition coefficient (Wildman–Crippen LogP) is 2.56. The molecule has 0 radical (unpaired) electrons. The number of amides is 1. The quantitative estimate of drug-likeness (QED) is 0.838. The summed E-state index contributed by atoms with van der Waals surface area (Å²) in [5, 5.41) is 0. The van der Waals surface area contributed by atoms with Crippen molar-refractivity contribution in [3.8, 4) is 5.75 Å². The number of hydrogen-bond acceptors (Lipinski definition) is 3. The van der Waals surface area contributed by atoms with Gasteiger partial charge < -0.3 is 16.2 Å². The molecule has 0 aliphatic carbocycles. The van der Waals surface area contributed by atoms with Gasteiger partial charge in [0.15, 0.2) is 0 Å². The number of ether oxygens (including phenoxy) is 1. The molecule has 104 valence electrons. The van der Waals surface area contributed by atoms with Gasteiger partial charge in [0.05, 0.1) is 5.56 Å². The van der Waals surface area contributed by atoms with Gasteiger partial charge in [-0.25, -0.2) is 0 Å². The zero-order valence-corrected chi connectivity index (χ0v) is 11.6. The van der Waals surface area contributed by atoms with Crippen LogP contribution in [0.3, 0.4) is 0 Å². The van der Waals surface area contributed by atoms with Gasteiger partial charge in [0, 0.05) is 11.8 Å². The Morgan fingerprint density at radius 1 is 1.10 bits per heavy atom. The highest BCUT2D eigenvalue weighted by molar-refractivity contribution is 5.96. The van der Waals surface area contributed by atoms with E-state index in [0.29, 0.717) is 23.6 Å². The molecule has 0 saturated heterocycles. The van der Waals surface area contributed by atoms with Crippen LogP contribution in [-0.2, 0) is 6.61 Å². The van der Waals surface area contributed by atoms with Gasteiger partial charge in [-0.3, -0.25) is 4.79 Å². The highest BCUT2D eigenvalue weighted by atomic mass is 16.5. The number of hydrogen-bond donors (Lipinski definition) is 2. The van der Waals surface area contributed by atoms with E-state index in [1.165, 1.54) is 11.1 Å². The zero-order chi connectivity index (χ0) is 14.7. The van der Waals surface area contributed by atoms with E-state index in [4.69, 9.17) is 16.2 Å². The number of nitrogens with two attached hydrogens (primary N) is 2. The molecule has 4 heteroatoms. The van der Waals surface area contributed by atoms with Crippen LogP contribution in [0.4, 0.5) is 5.69 Å². The molecule has 0 aromatic heterocycles. The highest BCUT2D eigenvalue weighted by Crippen LogP contribution is 2.23. The van der Waals surface area contributed by atoms with Crippen molar-refractivity contribution in [3.05, 3.63) is 58.7 Å². The average molecular weight is 270 g/mol. The van der Waals surface area contributed by atoms with E-state index in [1.807, 2.05) is 26.0 Å². The molecule has 4 nitrogen and oxygen atoms in total. The topological polar surface area (TPSA) is 78.3 Å². The number of nitrogen functional groups attached to an aromatic ring is 1. The number of aryl methyl sites for hydroxylation is 2. The fourth-order valence-corrected chi connectivity index (χ4v) is 2.18. The predicted molar refractivity (Wildman–Crippen MR) is 79.6 cm³/mol. The molecule has 20 heavy (non-hydrogen) atoms. The van der Waals surface area contributed by atoms with Crippen LogP contribution in [0.1, 0.15) is 27.0 Å². The van der Waals surface area contributed by atoms with Crippen molar-refractivity contribution in [1.29, 1.82) is 0 Å². The van der Waals surface area contributed by atoms with Crippen LogP contribution < -0.4 is 16.2 Å². The summed E-state index contributed by atoms with van der Waals surface area (Å²) in [4.78, 5) is 11.4. The van der Waals surface area contributed by atoms with Crippen molar-refractivity contribution < 1.29 is 9.53 Å². The number of rotatable bonds is 4. The molecule has 0 heterocycles. The first-order valence-electron chi connectivity index (χ1n) is 6.35. The van der Waals surface area contributed by atoms with Crippen LogP contribution in [0.5, 0.6) is 5.75 Å². The van der Waals surface area contributed by atoms with Gasteiger partial charge in [-0.05, 0) is 31.5 Å². The Hall–Kier alpha value is -2.49. The highest BCUT2D eigenvalue weighted by Gasteiger charge is 2.10. The molecular formula is C16H18N2O2. The maximum absolute atomic E-state index is 11.4. The Morgan fingerprint density at radius 3 is 2.35 bits per heavy atom. The molecular weight excluding hydrogens is 252 g/mol. The number of primary amides is 1. The minimum Gasteiger partial charge on any atom is -0.488 e. The van der Waals surface area contributed by atoms with E-state index in [-0.39, 0.29) is 0 Å². The second-order valence-electron chi connectivity index (χ2n) is 4.90. The van der Waals surface area contributed by atoms with Crippen LogP contribution in [0.15, 0.2) is 36.4 Å². The Labute approximate surface area is 118 Å². The largest absolute Gasteiger partial charge is 0.488 e. The molecule has 0 fully saturated rings. The third-order valence-corrected chi connectivity index (χ3v) is 2.95. The SMILES string of the molecule is Cc1cc(C)cc(COc2cc(N)ccc2C(N)=O)c1. The van der Waals surface area contributed by atoms with Gasteiger partial charge in [-0.15, -0.1) is 0 Å². The second-order valence-corrected chi connectivity index (χ2v) is 4.90. The molecule has 2 aromatic carbocycles. The smallest absolute Gasteiger partial charge is 0.252 e. The van der Waals surface area contributed by atoms with Crippen LogP contribution in [0, 0.1) is 13.8 Å². The van der Waals surface area contributed by atoms with Crippen LogP contribution >= 0.6 is 0 Å². The molecule has 4 N–H and O–H groups in total. The van der Waals surface area contributed by atoms with Crippen molar-refractivity contribution in [3.63, 3.8) is 0 Å². The fraction of sp³-hybridized carbons (Fsp3) is 0.188. The summed E-state index contributed by atoms with van der Waals surface area (Å²) >= 11 is 0. The van der Waals surface area contributed by atoms with Gasteiger partial charge in [0.1, 0.15) is 12.4 Å². The summed E-state index contributed by atoms with van der Waals surface area (Å²) in [5.41, 5.74) is 15.3. The molecule has 0 spiro atoms. The average Bonchev–Trinajstić information content (AvgIpc) is 2.35. The minimum atomic E-state index is -0.527. The fourth-order valence-electron chi connectivity index (χ4n) is 2.18. The molecule has 0 atom stereocenters. The van der Waals surface area contributed by atoms with E-state index >= 15 is 0 Å². The molecule has 0 bridgehead atoms. The third kappa shape index (κ3) is 3.29. The first-order chi connectivity index (χ1) is 9.45. The number of carbonyl (C=O) groups is 1. The number of anilines is 1. The Bertz CT molecular complexity index is 631.